The van der Waals surface area contributed by atoms with Gasteiger partial charge in [-0.15, -0.1) is 0 Å². The molecule has 1 aromatic rings. The summed E-state index contributed by atoms with van der Waals surface area (Å²) in [4.78, 5) is 49.3. The molecule has 0 amide bonds. The molecular weight excluding hydrogens is 506 g/mol. The highest BCUT2D eigenvalue weighted by atomic mass is 16.7. The number of nitrogens with two attached hydrogens (primary N) is 1. The Morgan fingerprint density at radius 2 is 1.41 bits per heavy atom. The van der Waals surface area contributed by atoms with Crippen molar-refractivity contribution in [3.63, 3.8) is 0 Å². The van der Waals surface area contributed by atoms with E-state index in [0.29, 0.717) is 12.0 Å². The first kappa shape index (κ1) is 33.9. The maximum Gasteiger partial charge on any atom is 0.508 e. The Morgan fingerprint density at radius 1 is 0.897 bits per heavy atom. The Kier molecular flexibility index (Phi) is 12.4. The topological polar surface area (TPSA) is 151 Å². The van der Waals surface area contributed by atoms with E-state index in [0.717, 1.165) is 0 Å². The molecule has 0 aliphatic carbocycles. The molecule has 0 heterocycles. The number of rotatable bonds is 12. The minimum absolute atomic E-state index is 0.0259. The second-order valence-electron chi connectivity index (χ2n) is 12.3. The maximum atomic E-state index is 12.7. The lowest BCUT2D eigenvalue weighted by atomic mass is 9.79. The number of carboxylic acid groups (broad SMARTS) is 1. The molecular formula is C29H45NO9. The number of esters is 2. The van der Waals surface area contributed by atoms with Gasteiger partial charge in [0.2, 0.25) is 0 Å². The molecule has 0 spiro atoms. The fraction of sp³-hybridized carbons (Fsp3) is 0.655. The van der Waals surface area contributed by atoms with Gasteiger partial charge in [0.05, 0.1) is 19.4 Å². The van der Waals surface area contributed by atoms with Crippen molar-refractivity contribution in [2.24, 2.45) is 22.5 Å². The van der Waals surface area contributed by atoms with E-state index in [9.17, 15) is 24.3 Å². The van der Waals surface area contributed by atoms with Crippen molar-refractivity contribution in [1.29, 1.82) is 0 Å². The van der Waals surface area contributed by atoms with Gasteiger partial charge in [-0.2, -0.15) is 0 Å². The van der Waals surface area contributed by atoms with E-state index in [2.05, 4.69) is 0 Å². The molecule has 3 unspecified atom stereocenters. The summed E-state index contributed by atoms with van der Waals surface area (Å²) < 4.78 is 21.5. The van der Waals surface area contributed by atoms with Crippen molar-refractivity contribution < 1.29 is 43.2 Å². The molecule has 3 N–H and O–H groups in total. The Balaban J connectivity index is 3.47. The largest absolute Gasteiger partial charge is 0.508 e. The standard InChI is InChI=1S/C29H45NO9/c1-10-13-36-27(35)37-18(3)17(2)24(25(30)26(33)34)19-11-12-20(38-22(31)15-28(4,5)6)21(14-19)39-23(32)16-29(7,8)9/h11-12,14,17-18,24-25H,10,13,15-16,30H2,1-9H3,(H,33,34)/t17?,18?,24?,25-/m0/s1. The molecule has 1 aromatic carbocycles. The van der Waals surface area contributed by atoms with Gasteiger partial charge in [0, 0.05) is 11.8 Å². The normalized spacial score (nSPS) is 14.9. The first-order valence-corrected chi connectivity index (χ1v) is 13.2. The fourth-order valence-corrected chi connectivity index (χ4v) is 3.84. The first-order valence-electron chi connectivity index (χ1n) is 13.2. The Hall–Kier alpha value is -3.14. The molecule has 0 aliphatic heterocycles. The molecule has 39 heavy (non-hydrogen) atoms. The molecule has 10 nitrogen and oxygen atoms in total. The zero-order valence-corrected chi connectivity index (χ0v) is 24.7. The van der Waals surface area contributed by atoms with E-state index in [1.807, 2.05) is 48.5 Å². The lowest BCUT2D eigenvalue weighted by molar-refractivity contribution is -0.140. The van der Waals surface area contributed by atoms with E-state index >= 15 is 0 Å². The molecule has 0 saturated carbocycles. The van der Waals surface area contributed by atoms with Crippen molar-refractivity contribution in [2.75, 3.05) is 6.61 Å². The number of ether oxygens (including phenoxy) is 4. The maximum absolute atomic E-state index is 12.7. The monoisotopic (exact) mass is 551 g/mol. The van der Waals surface area contributed by atoms with Crippen molar-refractivity contribution in [1.82, 2.24) is 0 Å². The average Bonchev–Trinajstić information content (AvgIpc) is 2.76. The van der Waals surface area contributed by atoms with Gasteiger partial charge < -0.3 is 29.8 Å². The Bertz CT molecular complexity index is 1010. The Morgan fingerprint density at radius 3 is 1.87 bits per heavy atom. The Labute approximate surface area is 231 Å². The number of carbonyl (C=O) groups is 4. The zero-order valence-electron chi connectivity index (χ0n) is 24.7. The van der Waals surface area contributed by atoms with Crippen LogP contribution in [0.4, 0.5) is 4.79 Å². The summed E-state index contributed by atoms with van der Waals surface area (Å²) in [5.41, 5.74) is 5.82. The van der Waals surface area contributed by atoms with Crippen LogP contribution in [0.1, 0.15) is 93.1 Å². The van der Waals surface area contributed by atoms with Crippen LogP contribution in [0.15, 0.2) is 18.2 Å². The number of hydrogen-bond acceptors (Lipinski definition) is 9. The van der Waals surface area contributed by atoms with Crippen LogP contribution in [-0.4, -0.2) is 47.9 Å². The van der Waals surface area contributed by atoms with Crippen LogP contribution in [0.25, 0.3) is 0 Å². The first-order chi connectivity index (χ1) is 17.8. The highest BCUT2D eigenvalue weighted by Gasteiger charge is 2.36. The second kappa shape index (κ2) is 14.3. The zero-order chi connectivity index (χ0) is 30.1. The lowest BCUT2D eigenvalue weighted by Gasteiger charge is -2.31. The molecule has 220 valence electrons. The highest BCUT2D eigenvalue weighted by Crippen LogP contribution is 2.38. The molecule has 1 rings (SSSR count). The molecule has 10 heteroatoms. The summed E-state index contributed by atoms with van der Waals surface area (Å²) >= 11 is 0. The lowest BCUT2D eigenvalue weighted by Crippen LogP contribution is -2.42. The quantitative estimate of drug-likeness (QED) is 0.253. The summed E-state index contributed by atoms with van der Waals surface area (Å²) in [6.07, 6.45) is -0.796. The van der Waals surface area contributed by atoms with Crippen LogP contribution in [-0.2, 0) is 23.9 Å². The third-order valence-corrected chi connectivity index (χ3v) is 5.83. The van der Waals surface area contributed by atoms with Crippen LogP contribution in [0.5, 0.6) is 11.5 Å². The van der Waals surface area contributed by atoms with Crippen LogP contribution in [0.3, 0.4) is 0 Å². The van der Waals surface area contributed by atoms with Crippen LogP contribution in [0, 0.1) is 16.7 Å². The molecule has 0 aromatic heterocycles. The van der Waals surface area contributed by atoms with E-state index in [-0.39, 0.29) is 41.8 Å². The van der Waals surface area contributed by atoms with E-state index < -0.39 is 48.0 Å². The summed E-state index contributed by atoms with van der Waals surface area (Å²) in [7, 11) is 0. The highest BCUT2D eigenvalue weighted by molar-refractivity contribution is 5.78. The van der Waals surface area contributed by atoms with Gasteiger partial charge in [-0.1, -0.05) is 61.5 Å². The van der Waals surface area contributed by atoms with Crippen LogP contribution in [0.2, 0.25) is 0 Å². The van der Waals surface area contributed by atoms with E-state index in [4.69, 9.17) is 24.7 Å². The second-order valence-corrected chi connectivity index (χ2v) is 12.3. The van der Waals surface area contributed by atoms with Crippen molar-refractivity contribution in [3.8, 4) is 11.5 Å². The van der Waals surface area contributed by atoms with Gasteiger partial charge in [-0.05, 0) is 41.9 Å². The molecule has 0 aliphatic rings. The summed E-state index contributed by atoms with van der Waals surface area (Å²) in [5.74, 6) is -3.78. The third kappa shape index (κ3) is 12.1. The SMILES string of the molecule is CCCOC(=O)OC(C)C(C)C(c1ccc(OC(=O)CC(C)(C)C)c(OC(=O)CC(C)(C)C)c1)[C@H](N)C(=O)O. The van der Waals surface area contributed by atoms with Crippen molar-refractivity contribution >= 4 is 24.1 Å². The molecule has 0 radical (unpaired) electrons. The minimum atomic E-state index is -1.38. The van der Waals surface area contributed by atoms with E-state index in [1.165, 1.54) is 12.1 Å². The summed E-state index contributed by atoms with van der Waals surface area (Å²) in [6, 6.07) is 3.08. The predicted molar refractivity (Wildman–Crippen MR) is 146 cm³/mol. The van der Waals surface area contributed by atoms with Crippen molar-refractivity contribution in [3.05, 3.63) is 23.8 Å². The molecule has 4 atom stereocenters. The van der Waals surface area contributed by atoms with Gasteiger partial charge >= 0.3 is 24.1 Å². The predicted octanol–water partition coefficient (Wildman–Crippen LogP) is 5.45. The fourth-order valence-electron chi connectivity index (χ4n) is 3.84. The average molecular weight is 552 g/mol. The van der Waals surface area contributed by atoms with Gasteiger partial charge in [0.1, 0.15) is 12.1 Å². The van der Waals surface area contributed by atoms with Crippen LogP contribution < -0.4 is 15.2 Å². The number of hydrogen-bond donors (Lipinski definition) is 2. The van der Waals surface area contributed by atoms with Crippen LogP contribution >= 0.6 is 0 Å². The number of benzene rings is 1. The molecule has 0 saturated heterocycles. The number of carboxylic acids is 1. The minimum Gasteiger partial charge on any atom is -0.480 e. The van der Waals surface area contributed by atoms with Gasteiger partial charge in [0.25, 0.3) is 0 Å². The molecule has 0 bridgehead atoms. The molecule has 0 fully saturated rings. The van der Waals surface area contributed by atoms with Gasteiger partial charge in [0.15, 0.2) is 11.5 Å². The number of carbonyl (C=O) groups excluding carboxylic acids is 3. The third-order valence-electron chi connectivity index (χ3n) is 5.83. The number of aliphatic carboxylic acids is 1. The van der Waals surface area contributed by atoms with Crippen molar-refractivity contribution in [2.45, 2.75) is 99.6 Å². The smallest absolute Gasteiger partial charge is 0.480 e. The summed E-state index contributed by atoms with van der Waals surface area (Å²) in [5, 5.41) is 9.75. The van der Waals surface area contributed by atoms with E-state index in [1.54, 1.807) is 19.9 Å². The summed E-state index contributed by atoms with van der Waals surface area (Å²) in [6.45, 7) is 16.7. The van der Waals surface area contributed by atoms with Gasteiger partial charge in [-0.3, -0.25) is 14.4 Å². The van der Waals surface area contributed by atoms with Gasteiger partial charge in [-0.25, -0.2) is 4.79 Å².